The summed E-state index contributed by atoms with van der Waals surface area (Å²) >= 11 is 0. The van der Waals surface area contributed by atoms with E-state index in [0.29, 0.717) is 35.2 Å². The minimum Gasteiger partial charge on any atom is -0.339 e. The van der Waals surface area contributed by atoms with Crippen molar-refractivity contribution in [3.05, 3.63) is 84.3 Å². The number of hydrogen-bond acceptors (Lipinski definition) is 6. The molecule has 0 radical (unpaired) electrons. The Morgan fingerprint density at radius 2 is 1.83 bits per heavy atom. The SMILES string of the molecule is Cn1ccnc1C(=O)c1ccc(NC(=O)CCc2nc(-c3ccccc3)no2)cc1. The summed E-state index contributed by atoms with van der Waals surface area (Å²) in [6.45, 7) is 0. The van der Waals surface area contributed by atoms with Gasteiger partial charge in [0.2, 0.25) is 23.4 Å². The van der Waals surface area contributed by atoms with Gasteiger partial charge in [-0.3, -0.25) is 9.59 Å². The number of anilines is 1. The lowest BCUT2D eigenvalue weighted by Crippen LogP contribution is -2.13. The Kier molecular flexibility index (Phi) is 5.47. The van der Waals surface area contributed by atoms with Gasteiger partial charge in [-0.05, 0) is 24.3 Å². The van der Waals surface area contributed by atoms with Gasteiger partial charge in [-0.1, -0.05) is 35.5 Å². The van der Waals surface area contributed by atoms with Crippen LogP contribution in [0.25, 0.3) is 11.4 Å². The van der Waals surface area contributed by atoms with E-state index >= 15 is 0 Å². The molecule has 8 heteroatoms. The molecule has 1 amide bonds. The molecule has 2 aromatic carbocycles. The molecule has 0 aliphatic rings. The first-order valence-electron chi connectivity index (χ1n) is 9.40. The van der Waals surface area contributed by atoms with Crippen molar-refractivity contribution in [2.24, 2.45) is 7.05 Å². The fraction of sp³-hybridized carbons (Fsp3) is 0.136. The normalized spacial score (nSPS) is 10.7. The Balaban J connectivity index is 1.32. The zero-order valence-corrected chi connectivity index (χ0v) is 16.3. The lowest BCUT2D eigenvalue weighted by atomic mass is 10.1. The van der Waals surface area contributed by atoms with Gasteiger partial charge in [0.05, 0.1) is 0 Å². The smallest absolute Gasteiger partial charge is 0.228 e. The summed E-state index contributed by atoms with van der Waals surface area (Å²) in [7, 11) is 1.76. The highest BCUT2D eigenvalue weighted by Crippen LogP contribution is 2.16. The molecule has 0 atom stereocenters. The maximum atomic E-state index is 12.4. The molecule has 0 saturated carbocycles. The van der Waals surface area contributed by atoms with Crippen LogP contribution in [0.5, 0.6) is 0 Å². The average molecular weight is 401 g/mol. The number of aromatic nitrogens is 4. The van der Waals surface area contributed by atoms with E-state index in [9.17, 15) is 9.59 Å². The number of carbonyl (C=O) groups is 2. The molecule has 0 aliphatic carbocycles. The number of benzene rings is 2. The molecular weight excluding hydrogens is 382 g/mol. The lowest BCUT2D eigenvalue weighted by Gasteiger charge is -2.06. The van der Waals surface area contributed by atoms with Crippen molar-refractivity contribution in [3.8, 4) is 11.4 Å². The van der Waals surface area contributed by atoms with Crippen LogP contribution in [0.2, 0.25) is 0 Å². The van der Waals surface area contributed by atoms with Crippen molar-refractivity contribution in [2.75, 3.05) is 5.32 Å². The van der Waals surface area contributed by atoms with Gasteiger partial charge >= 0.3 is 0 Å². The first kappa shape index (κ1) is 19.3. The molecule has 4 aromatic rings. The molecule has 4 rings (SSSR count). The number of aryl methyl sites for hydroxylation is 2. The quantitative estimate of drug-likeness (QED) is 0.477. The van der Waals surface area contributed by atoms with Gasteiger partial charge in [0.25, 0.3) is 0 Å². The summed E-state index contributed by atoms with van der Waals surface area (Å²) in [5, 5.41) is 6.75. The summed E-state index contributed by atoms with van der Waals surface area (Å²) in [6.07, 6.45) is 3.83. The zero-order chi connectivity index (χ0) is 20.9. The molecule has 0 spiro atoms. The van der Waals surface area contributed by atoms with Gasteiger partial charge in [-0.2, -0.15) is 4.98 Å². The second-order valence-corrected chi connectivity index (χ2v) is 6.69. The molecule has 150 valence electrons. The number of imidazole rings is 1. The Morgan fingerprint density at radius 3 is 2.53 bits per heavy atom. The summed E-state index contributed by atoms with van der Waals surface area (Å²) < 4.78 is 6.89. The third kappa shape index (κ3) is 4.33. The predicted molar refractivity (Wildman–Crippen MR) is 110 cm³/mol. The average Bonchev–Trinajstić information content (AvgIpc) is 3.42. The fourth-order valence-corrected chi connectivity index (χ4v) is 2.92. The van der Waals surface area contributed by atoms with Crippen LogP contribution in [0.15, 0.2) is 71.5 Å². The highest BCUT2D eigenvalue weighted by molar-refractivity contribution is 6.07. The van der Waals surface area contributed by atoms with Gasteiger partial charge < -0.3 is 14.4 Å². The van der Waals surface area contributed by atoms with E-state index in [1.165, 1.54) is 0 Å². The van der Waals surface area contributed by atoms with E-state index in [-0.39, 0.29) is 18.1 Å². The van der Waals surface area contributed by atoms with Crippen molar-refractivity contribution >= 4 is 17.4 Å². The highest BCUT2D eigenvalue weighted by atomic mass is 16.5. The van der Waals surface area contributed by atoms with E-state index in [1.807, 2.05) is 30.3 Å². The van der Waals surface area contributed by atoms with Crippen LogP contribution in [0.3, 0.4) is 0 Å². The molecule has 0 saturated heterocycles. The Bertz CT molecular complexity index is 1160. The van der Waals surface area contributed by atoms with Crippen LogP contribution in [0.1, 0.15) is 28.5 Å². The van der Waals surface area contributed by atoms with E-state index in [0.717, 1.165) is 5.56 Å². The third-order valence-corrected chi connectivity index (χ3v) is 4.52. The molecule has 2 heterocycles. The van der Waals surface area contributed by atoms with E-state index in [4.69, 9.17) is 4.52 Å². The summed E-state index contributed by atoms with van der Waals surface area (Å²) in [5.41, 5.74) is 1.96. The Hall–Kier alpha value is -4.07. The number of hydrogen-bond donors (Lipinski definition) is 1. The van der Waals surface area contributed by atoms with Gasteiger partial charge in [0.1, 0.15) is 0 Å². The molecule has 2 aromatic heterocycles. The van der Waals surface area contributed by atoms with Gasteiger partial charge in [-0.25, -0.2) is 4.98 Å². The van der Waals surface area contributed by atoms with Crippen LogP contribution in [0, 0.1) is 0 Å². The van der Waals surface area contributed by atoms with Crippen molar-refractivity contribution in [2.45, 2.75) is 12.8 Å². The number of carbonyl (C=O) groups excluding carboxylic acids is 2. The van der Waals surface area contributed by atoms with Gasteiger partial charge in [0, 0.05) is 49.1 Å². The van der Waals surface area contributed by atoms with Crippen molar-refractivity contribution in [1.29, 1.82) is 0 Å². The molecule has 30 heavy (non-hydrogen) atoms. The van der Waals surface area contributed by atoms with Gasteiger partial charge in [-0.15, -0.1) is 0 Å². The predicted octanol–water partition coefficient (Wildman–Crippen LogP) is 3.27. The number of nitrogens with one attached hydrogen (secondary N) is 1. The number of rotatable bonds is 7. The molecule has 8 nitrogen and oxygen atoms in total. The van der Waals surface area contributed by atoms with Crippen molar-refractivity contribution in [1.82, 2.24) is 19.7 Å². The van der Waals surface area contributed by atoms with Crippen LogP contribution in [-0.2, 0) is 18.3 Å². The first-order chi connectivity index (χ1) is 14.6. The first-order valence-corrected chi connectivity index (χ1v) is 9.40. The number of nitrogens with zero attached hydrogens (tertiary/aromatic N) is 4. The molecule has 1 N–H and O–H groups in total. The third-order valence-electron chi connectivity index (χ3n) is 4.52. The Morgan fingerprint density at radius 1 is 1.07 bits per heavy atom. The second kappa shape index (κ2) is 8.52. The maximum absolute atomic E-state index is 12.4. The van der Waals surface area contributed by atoms with Crippen LogP contribution in [-0.4, -0.2) is 31.4 Å². The fourth-order valence-electron chi connectivity index (χ4n) is 2.92. The summed E-state index contributed by atoms with van der Waals surface area (Å²) in [5.74, 6) is 0.906. The van der Waals surface area contributed by atoms with Gasteiger partial charge in [0.15, 0.2) is 5.82 Å². The topological polar surface area (TPSA) is 103 Å². The molecule has 0 fully saturated rings. The molecule has 0 aliphatic heterocycles. The summed E-state index contributed by atoms with van der Waals surface area (Å²) in [4.78, 5) is 33.0. The van der Waals surface area contributed by atoms with E-state index < -0.39 is 0 Å². The van der Waals surface area contributed by atoms with Crippen LogP contribution >= 0.6 is 0 Å². The minimum atomic E-state index is -0.183. The second-order valence-electron chi connectivity index (χ2n) is 6.69. The minimum absolute atomic E-state index is 0.175. The largest absolute Gasteiger partial charge is 0.339 e. The van der Waals surface area contributed by atoms with E-state index in [1.54, 1.807) is 48.3 Å². The highest BCUT2D eigenvalue weighted by Gasteiger charge is 2.14. The molecule has 0 bridgehead atoms. The molecular formula is C22H19N5O3. The standard InChI is InChI=1S/C22H19N5O3/c1-27-14-13-23-22(27)20(29)15-7-9-17(10-8-15)24-18(28)11-12-19-25-21(26-30-19)16-5-3-2-4-6-16/h2-10,13-14H,11-12H2,1H3,(H,24,28). The molecule has 0 unspecified atom stereocenters. The monoisotopic (exact) mass is 401 g/mol. The zero-order valence-electron chi connectivity index (χ0n) is 16.3. The number of amides is 1. The van der Waals surface area contributed by atoms with E-state index in [2.05, 4.69) is 20.4 Å². The summed E-state index contributed by atoms with van der Waals surface area (Å²) in [6, 6.07) is 16.2. The maximum Gasteiger partial charge on any atom is 0.228 e. The Labute approximate surface area is 172 Å². The number of ketones is 1. The van der Waals surface area contributed by atoms with Crippen LogP contribution < -0.4 is 5.32 Å². The van der Waals surface area contributed by atoms with Crippen LogP contribution in [0.4, 0.5) is 5.69 Å². The van der Waals surface area contributed by atoms with Crippen molar-refractivity contribution in [3.63, 3.8) is 0 Å². The van der Waals surface area contributed by atoms with Crippen molar-refractivity contribution < 1.29 is 14.1 Å². The lowest BCUT2D eigenvalue weighted by molar-refractivity contribution is -0.116.